The summed E-state index contributed by atoms with van der Waals surface area (Å²) in [5.74, 6) is 0.608. The fraction of sp³-hybridized carbons (Fsp3) is 0.0500. The summed E-state index contributed by atoms with van der Waals surface area (Å²) < 4.78 is 5.67. The first-order chi connectivity index (χ1) is 12.2. The van der Waals surface area contributed by atoms with Gasteiger partial charge in [-0.1, -0.05) is 23.7 Å². The molecule has 25 heavy (non-hydrogen) atoms. The van der Waals surface area contributed by atoms with Crippen LogP contribution < -0.4 is 10.1 Å². The van der Waals surface area contributed by atoms with Gasteiger partial charge in [0.15, 0.2) is 0 Å². The second-order valence-electron chi connectivity index (χ2n) is 5.76. The number of aromatic nitrogens is 1. The van der Waals surface area contributed by atoms with Crippen molar-refractivity contribution in [2.24, 2.45) is 0 Å². The zero-order chi connectivity index (χ0) is 17.2. The van der Waals surface area contributed by atoms with Gasteiger partial charge in [0, 0.05) is 33.8 Å². The van der Waals surface area contributed by atoms with Crippen LogP contribution in [0.4, 0.5) is 5.69 Å². The molecule has 1 amide bonds. The number of nitrogens with one attached hydrogen (secondary N) is 2. The zero-order valence-corrected chi connectivity index (χ0v) is 14.0. The Morgan fingerprint density at radius 3 is 3.08 bits per heavy atom. The van der Waals surface area contributed by atoms with E-state index in [1.807, 2.05) is 48.7 Å². The Bertz CT molecular complexity index is 1020. The van der Waals surface area contributed by atoms with E-state index in [2.05, 4.69) is 10.3 Å². The van der Waals surface area contributed by atoms with Gasteiger partial charge in [0.25, 0.3) is 0 Å². The maximum absolute atomic E-state index is 12.2. The van der Waals surface area contributed by atoms with Crippen LogP contribution in [0, 0.1) is 0 Å². The van der Waals surface area contributed by atoms with Crippen molar-refractivity contribution >= 4 is 40.2 Å². The largest absolute Gasteiger partial charge is 0.488 e. The predicted molar refractivity (Wildman–Crippen MR) is 101 cm³/mol. The van der Waals surface area contributed by atoms with Crippen LogP contribution in [0.1, 0.15) is 5.56 Å². The van der Waals surface area contributed by atoms with Gasteiger partial charge in [-0.3, -0.25) is 4.79 Å². The number of fused-ring (bicyclic) bond motifs is 2. The van der Waals surface area contributed by atoms with E-state index in [0.29, 0.717) is 11.6 Å². The third-order valence-electron chi connectivity index (χ3n) is 4.01. The molecule has 5 heteroatoms. The first-order valence-electron chi connectivity index (χ1n) is 7.87. The number of ether oxygens (including phenoxy) is 1. The molecule has 1 aliphatic heterocycles. The Morgan fingerprint density at radius 1 is 1.24 bits per heavy atom. The van der Waals surface area contributed by atoms with E-state index in [1.165, 1.54) is 6.08 Å². The van der Waals surface area contributed by atoms with Crippen molar-refractivity contribution in [1.82, 2.24) is 4.98 Å². The third kappa shape index (κ3) is 3.30. The molecule has 0 unspecified atom stereocenters. The number of benzene rings is 2. The first-order valence-corrected chi connectivity index (χ1v) is 8.25. The Labute approximate surface area is 149 Å². The number of halogens is 1. The molecular formula is C20H15ClN2O2. The van der Waals surface area contributed by atoms with Crippen molar-refractivity contribution in [2.45, 2.75) is 0 Å². The lowest BCUT2D eigenvalue weighted by Gasteiger charge is -2.16. The van der Waals surface area contributed by atoms with E-state index in [-0.39, 0.29) is 5.91 Å². The van der Waals surface area contributed by atoms with Crippen LogP contribution in [0.2, 0.25) is 5.02 Å². The van der Waals surface area contributed by atoms with E-state index in [0.717, 1.165) is 33.5 Å². The maximum atomic E-state index is 12.2. The minimum absolute atomic E-state index is 0.188. The molecule has 124 valence electrons. The Morgan fingerprint density at radius 2 is 2.16 bits per heavy atom. The van der Waals surface area contributed by atoms with Gasteiger partial charge >= 0.3 is 0 Å². The minimum Gasteiger partial charge on any atom is -0.488 e. The van der Waals surface area contributed by atoms with Crippen LogP contribution in [0.15, 0.2) is 66.4 Å². The second kappa shape index (κ2) is 6.49. The number of carbonyl (C=O) groups is 1. The molecule has 0 spiro atoms. The number of aromatic amines is 1. The topological polar surface area (TPSA) is 54.1 Å². The molecular weight excluding hydrogens is 336 g/mol. The van der Waals surface area contributed by atoms with Crippen molar-refractivity contribution < 1.29 is 9.53 Å². The van der Waals surface area contributed by atoms with Crippen LogP contribution in [-0.4, -0.2) is 17.5 Å². The van der Waals surface area contributed by atoms with Crippen molar-refractivity contribution in [1.29, 1.82) is 0 Å². The van der Waals surface area contributed by atoms with E-state index in [1.54, 1.807) is 12.1 Å². The summed E-state index contributed by atoms with van der Waals surface area (Å²) in [6.07, 6.45) is 7.09. The lowest BCUT2D eigenvalue weighted by Crippen LogP contribution is -2.10. The second-order valence-corrected chi connectivity index (χ2v) is 6.19. The quantitative estimate of drug-likeness (QED) is 0.667. The highest BCUT2D eigenvalue weighted by molar-refractivity contribution is 6.30. The summed E-state index contributed by atoms with van der Waals surface area (Å²) in [6.45, 7) is 0.422. The Hall–Kier alpha value is -2.98. The molecule has 1 aliphatic rings. The Balaban J connectivity index is 1.50. The molecule has 2 aromatic carbocycles. The molecule has 0 atom stereocenters. The fourth-order valence-electron chi connectivity index (χ4n) is 2.81. The van der Waals surface area contributed by atoms with Gasteiger partial charge in [-0.05, 0) is 48.0 Å². The maximum Gasteiger partial charge on any atom is 0.248 e. The van der Waals surface area contributed by atoms with E-state index < -0.39 is 0 Å². The standard InChI is InChI=1S/C20H15ClN2O2/c21-15-5-6-19-14(11-15)10-13(12-25-19)4-7-20(24)23-18-3-1-2-17-16(18)8-9-22-17/h1-11,22H,12H2,(H,23,24)/b7-4+. The highest BCUT2D eigenvalue weighted by Crippen LogP contribution is 2.29. The number of hydrogen-bond acceptors (Lipinski definition) is 2. The lowest BCUT2D eigenvalue weighted by molar-refractivity contribution is -0.111. The van der Waals surface area contributed by atoms with Crippen LogP contribution in [0.25, 0.3) is 17.0 Å². The summed E-state index contributed by atoms with van der Waals surface area (Å²) in [6, 6.07) is 13.2. The average Bonchev–Trinajstić information content (AvgIpc) is 3.09. The van der Waals surface area contributed by atoms with Crippen molar-refractivity contribution in [3.05, 3.63) is 77.0 Å². The summed E-state index contributed by atoms with van der Waals surface area (Å²) in [4.78, 5) is 15.3. The van der Waals surface area contributed by atoms with Gasteiger partial charge < -0.3 is 15.0 Å². The molecule has 3 aromatic rings. The lowest BCUT2D eigenvalue weighted by atomic mass is 10.1. The molecule has 2 heterocycles. The van der Waals surface area contributed by atoms with Crippen LogP contribution in [-0.2, 0) is 4.79 Å². The van der Waals surface area contributed by atoms with Gasteiger partial charge in [0.2, 0.25) is 5.91 Å². The number of carbonyl (C=O) groups excluding carboxylic acids is 1. The SMILES string of the molecule is O=C(/C=C/C1=Cc2cc(Cl)ccc2OC1)Nc1cccc2[nH]ccc12. The molecule has 0 saturated heterocycles. The van der Waals surface area contributed by atoms with Crippen LogP contribution in [0.3, 0.4) is 0 Å². The number of H-pyrrole nitrogens is 1. The van der Waals surface area contributed by atoms with Crippen molar-refractivity contribution in [3.63, 3.8) is 0 Å². The zero-order valence-electron chi connectivity index (χ0n) is 13.3. The Kier molecular flexibility index (Phi) is 4.04. The summed E-state index contributed by atoms with van der Waals surface area (Å²) >= 11 is 6.01. The number of amides is 1. The molecule has 0 saturated carbocycles. The van der Waals surface area contributed by atoms with E-state index in [4.69, 9.17) is 16.3 Å². The average molecular weight is 351 g/mol. The highest BCUT2D eigenvalue weighted by atomic mass is 35.5. The smallest absolute Gasteiger partial charge is 0.248 e. The summed E-state index contributed by atoms with van der Waals surface area (Å²) in [7, 11) is 0. The molecule has 4 nitrogen and oxygen atoms in total. The molecule has 0 fully saturated rings. The third-order valence-corrected chi connectivity index (χ3v) is 4.24. The van der Waals surface area contributed by atoms with Crippen molar-refractivity contribution in [2.75, 3.05) is 11.9 Å². The van der Waals surface area contributed by atoms with Gasteiger partial charge in [0.05, 0.1) is 5.69 Å². The molecule has 2 N–H and O–H groups in total. The fourth-order valence-corrected chi connectivity index (χ4v) is 2.99. The normalized spacial score (nSPS) is 13.4. The van der Waals surface area contributed by atoms with Gasteiger partial charge in [-0.15, -0.1) is 0 Å². The number of rotatable bonds is 3. The molecule has 0 aliphatic carbocycles. The van der Waals surface area contributed by atoms with Gasteiger partial charge in [-0.25, -0.2) is 0 Å². The highest BCUT2D eigenvalue weighted by Gasteiger charge is 2.10. The van der Waals surface area contributed by atoms with Crippen LogP contribution >= 0.6 is 11.6 Å². The molecule has 0 bridgehead atoms. The van der Waals surface area contributed by atoms with E-state index in [9.17, 15) is 4.79 Å². The monoisotopic (exact) mass is 350 g/mol. The predicted octanol–water partition coefficient (Wildman–Crippen LogP) is 4.79. The minimum atomic E-state index is -0.188. The van der Waals surface area contributed by atoms with Crippen molar-refractivity contribution in [3.8, 4) is 5.75 Å². The molecule has 4 rings (SSSR count). The van der Waals surface area contributed by atoms with Gasteiger partial charge in [0.1, 0.15) is 12.4 Å². The molecule has 1 aromatic heterocycles. The number of anilines is 1. The summed E-state index contributed by atoms with van der Waals surface area (Å²) in [5.41, 5.74) is 3.58. The van der Waals surface area contributed by atoms with Gasteiger partial charge in [-0.2, -0.15) is 0 Å². The first kappa shape index (κ1) is 15.5. The van der Waals surface area contributed by atoms with E-state index >= 15 is 0 Å². The van der Waals surface area contributed by atoms with Crippen LogP contribution in [0.5, 0.6) is 5.75 Å². The molecule has 0 radical (unpaired) electrons. The number of hydrogen-bond donors (Lipinski definition) is 2. The summed E-state index contributed by atoms with van der Waals surface area (Å²) in [5, 5.41) is 4.54.